The molecular formula is C17H26N6O3. The highest BCUT2D eigenvalue weighted by atomic mass is 16.5. The Hall–Kier alpha value is -2.68. The molecule has 2 N–H and O–H groups in total. The first-order valence-corrected chi connectivity index (χ1v) is 8.67. The Morgan fingerprint density at radius 2 is 2.00 bits per heavy atom. The minimum absolute atomic E-state index is 0.0795. The summed E-state index contributed by atoms with van der Waals surface area (Å²) in [6.07, 6.45) is 0.781. The summed E-state index contributed by atoms with van der Waals surface area (Å²) in [6, 6.07) is 5.08. The van der Waals surface area contributed by atoms with Gasteiger partial charge in [-0.2, -0.15) is 0 Å². The van der Waals surface area contributed by atoms with Crippen molar-refractivity contribution in [2.24, 2.45) is 0 Å². The molecular weight excluding hydrogens is 336 g/mol. The first kappa shape index (κ1) is 19.6. The van der Waals surface area contributed by atoms with Gasteiger partial charge in [-0.1, -0.05) is 5.21 Å². The van der Waals surface area contributed by atoms with E-state index in [4.69, 9.17) is 4.74 Å². The molecule has 9 nitrogen and oxygen atoms in total. The van der Waals surface area contributed by atoms with Gasteiger partial charge in [-0.05, 0) is 31.5 Å². The van der Waals surface area contributed by atoms with Crippen LogP contribution in [-0.2, 0) is 11.3 Å². The van der Waals surface area contributed by atoms with Crippen LogP contribution in [0.4, 0.5) is 4.79 Å². The van der Waals surface area contributed by atoms with Gasteiger partial charge < -0.3 is 20.3 Å². The normalized spacial score (nSPS) is 10.7. The van der Waals surface area contributed by atoms with Gasteiger partial charge in [-0.15, -0.1) is 5.10 Å². The molecule has 0 bridgehead atoms. The van der Waals surface area contributed by atoms with E-state index in [9.17, 15) is 9.59 Å². The van der Waals surface area contributed by atoms with Gasteiger partial charge in [0.1, 0.15) is 5.52 Å². The quantitative estimate of drug-likeness (QED) is 0.644. The molecule has 0 saturated carbocycles. The summed E-state index contributed by atoms with van der Waals surface area (Å²) in [5, 5.41) is 13.7. The molecule has 1 heterocycles. The third kappa shape index (κ3) is 5.41. The lowest BCUT2D eigenvalue weighted by atomic mass is 10.2. The van der Waals surface area contributed by atoms with E-state index in [1.165, 1.54) is 4.90 Å². The van der Waals surface area contributed by atoms with E-state index in [1.54, 1.807) is 30.9 Å². The molecule has 0 atom stereocenters. The van der Waals surface area contributed by atoms with Crippen molar-refractivity contribution in [2.75, 3.05) is 40.4 Å². The molecule has 0 unspecified atom stereocenters. The largest absolute Gasteiger partial charge is 0.382 e. The Balaban J connectivity index is 1.82. The predicted octanol–water partition coefficient (Wildman–Crippen LogP) is 0.859. The molecule has 0 aliphatic carbocycles. The Bertz CT molecular complexity index is 743. The highest BCUT2D eigenvalue weighted by Gasteiger charge is 2.11. The van der Waals surface area contributed by atoms with Crippen molar-refractivity contribution in [3.05, 3.63) is 23.8 Å². The van der Waals surface area contributed by atoms with Crippen molar-refractivity contribution >= 4 is 23.0 Å². The van der Waals surface area contributed by atoms with Gasteiger partial charge in [0.2, 0.25) is 0 Å². The summed E-state index contributed by atoms with van der Waals surface area (Å²) in [7, 11) is 3.41. The van der Waals surface area contributed by atoms with Crippen LogP contribution < -0.4 is 10.6 Å². The smallest absolute Gasteiger partial charge is 0.314 e. The van der Waals surface area contributed by atoms with E-state index in [0.29, 0.717) is 43.9 Å². The molecule has 142 valence electrons. The molecule has 1 aromatic heterocycles. The van der Waals surface area contributed by atoms with E-state index < -0.39 is 0 Å². The lowest BCUT2D eigenvalue weighted by Crippen LogP contribution is -2.38. The monoisotopic (exact) mass is 362 g/mol. The lowest BCUT2D eigenvalue weighted by molar-refractivity contribution is 0.0827. The number of nitrogens with zero attached hydrogens (tertiary/aromatic N) is 4. The molecule has 0 spiro atoms. The van der Waals surface area contributed by atoms with Gasteiger partial charge in [-0.25, -0.2) is 9.48 Å². The molecule has 0 saturated heterocycles. The van der Waals surface area contributed by atoms with Crippen molar-refractivity contribution in [1.82, 2.24) is 30.5 Å². The number of nitrogens with one attached hydrogen (secondary N) is 2. The number of carbonyl (C=O) groups excluding carboxylic acids is 2. The average molecular weight is 362 g/mol. The molecule has 26 heavy (non-hydrogen) atoms. The van der Waals surface area contributed by atoms with E-state index >= 15 is 0 Å². The second-order valence-corrected chi connectivity index (χ2v) is 5.95. The maximum Gasteiger partial charge on any atom is 0.314 e. The molecule has 0 aliphatic heterocycles. The van der Waals surface area contributed by atoms with Crippen LogP contribution in [0.1, 0.15) is 23.7 Å². The minimum Gasteiger partial charge on any atom is -0.382 e. The van der Waals surface area contributed by atoms with Gasteiger partial charge in [0, 0.05) is 46.0 Å². The van der Waals surface area contributed by atoms with Crippen LogP contribution in [0.2, 0.25) is 0 Å². The van der Waals surface area contributed by atoms with Gasteiger partial charge in [0.15, 0.2) is 0 Å². The fourth-order valence-electron chi connectivity index (χ4n) is 2.39. The van der Waals surface area contributed by atoms with Crippen LogP contribution in [0.25, 0.3) is 11.0 Å². The van der Waals surface area contributed by atoms with Crippen molar-refractivity contribution in [2.45, 2.75) is 19.9 Å². The van der Waals surface area contributed by atoms with Crippen molar-refractivity contribution < 1.29 is 14.3 Å². The maximum absolute atomic E-state index is 12.0. The van der Waals surface area contributed by atoms with Crippen LogP contribution in [0.5, 0.6) is 0 Å². The zero-order valence-electron chi connectivity index (χ0n) is 15.5. The topological polar surface area (TPSA) is 101 Å². The summed E-state index contributed by atoms with van der Waals surface area (Å²) >= 11 is 0. The summed E-state index contributed by atoms with van der Waals surface area (Å²) in [5.41, 5.74) is 2.04. The first-order chi connectivity index (χ1) is 12.5. The SMILES string of the molecule is CCOCCCNC(=O)NCCn1nnc2cc(C(=O)N(C)C)ccc21. The number of urea groups is 1. The summed E-state index contributed by atoms with van der Waals surface area (Å²) in [6.45, 7) is 4.75. The number of benzene rings is 1. The summed E-state index contributed by atoms with van der Waals surface area (Å²) in [4.78, 5) is 25.2. The molecule has 0 fully saturated rings. The van der Waals surface area contributed by atoms with Gasteiger partial charge >= 0.3 is 6.03 Å². The highest BCUT2D eigenvalue weighted by molar-refractivity contribution is 5.97. The van der Waals surface area contributed by atoms with Crippen LogP contribution >= 0.6 is 0 Å². The molecule has 0 radical (unpaired) electrons. The maximum atomic E-state index is 12.0. The molecule has 0 aliphatic rings. The van der Waals surface area contributed by atoms with Gasteiger partial charge in [0.05, 0.1) is 12.1 Å². The third-order valence-corrected chi connectivity index (χ3v) is 3.73. The first-order valence-electron chi connectivity index (χ1n) is 8.67. The molecule has 2 rings (SSSR count). The second kappa shape index (κ2) is 9.71. The van der Waals surface area contributed by atoms with E-state index in [2.05, 4.69) is 20.9 Å². The average Bonchev–Trinajstić information content (AvgIpc) is 3.03. The van der Waals surface area contributed by atoms with Crippen LogP contribution in [0.3, 0.4) is 0 Å². The van der Waals surface area contributed by atoms with E-state index in [0.717, 1.165) is 11.9 Å². The van der Waals surface area contributed by atoms with E-state index in [-0.39, 0.29) is 11.9 Å². The minimum atomic E-state index is -0.218. The number of hydrogen-bond acceptors (Lipinski definition) is 5. The summed E-state index contributed by atoms with van der Waals surface area (Å²) < 4.78 is 6.91. The predicted molar refractivity (Wildman–Crippen MR) is 98.1 cm³/mol. The fourth-order valence-corrected chi connectivity index (χ4v) is 2.39. The van der Waals surface area contributed by atoms with Crippen molar-refractivity contribution in [1.29, 1.82) is 0 Å². The lowest BCUT2D eigenvalue weighted by Gasteiger charge is -2.10. The van der Waals surface area contributed by atoms with Crippen LogP contribution in [0, 0.1) is 0 Å². The third-order valence-electron chi connectivity index (χ3n) is 3.73. The van der Waals surface area contributed by atoms with Crippen molar-refractivity contribution in [3.8, 4) is 0 Å². The Morgan fingerprint density at radius 1 is 1.23 bits per heavy atom. The number of ether oxygens (including phenoxy) is 1. The van der Waals surface area contributed by atoms with Gasteiger partial charge in [0.25, 0.3) is 5.91 Å². The Labute approximate surface area is 152 Å². The number of rotatable bonds is 9. The van der Waals surface area contributed by atoms with E-state index in [1.807, 2.05) is 13.0 Å². The zero-order chi connectivity index (χ0) is 18.9. The number of amides is 3. The fraction of sp³-hybridized carbons (Fsp3) is 0.529. The summed E-state index contributed by atoms with van der Waals surface area (Å²) in [5.74, 6) is -0.0795. The van der Waals surface area contributed by atoms with Crippen LogP contribution in [0.15, 0.2) is 18.2 Å². The molecule has 9 heteroatoms. The number of fused-ring (bicyclic) bond motifs is 1. The zero-order valence-corrected chi connectivity index (χ0v) is 15.5. The Kier molecular flexibility index (Phi) is 7.34. The number of carbonyl (C=O) groups is 2. The highest BCUT2D eigenvalue weighted by Crippen LogP contribution is 2.14. The Morgan fingerprint density at radius 3 is 2.73 bits per heavy atom. The molecule has 3 amide bonds. The number of hydrogen-bond donors (Lipinski definition) is 2. The molecule has 1 aromatic carbocycles. The molecule has 2 aromatic rings. The number of aromatic nitrogens is 3. The van der Waals surface area contributed by atoms with Crippen LogP contribution in [-0.4, -0.2) is 72.2 Å². The van der Waals surface area contributed by atoms with Gasteiger partial charge in [-0.3, -0.25) is 4.79 Å². The standard InChI is InChI=1S/C17H26N6O3/c1-4-26-11-5-8-18-17(25)19-9-10-23-15-7-6-13(16(24)22(2)3)12-14(15)20-21-23/h6-7,12H,4-5,8-11H2,1-3H3,(H2,18,19,25). The van der Waals surface area contributed by atoms with Crippen molar-refractivity contribution in [3.63, 3.8) is 0 Å². The second-order valence-electron chi connectivity index (χ2n) is 5.95.